The minimum atomic E-state index is -3.59. The predicted molar refractivity (Wildman–Crippen MR) is 136 cm³/mol. The maximum Gasteiger partial charge on any atom is 0.338 e. The zero-order chi connectivity index (χ0) is 25.9. The van der Waals surface area contributed by atoms with E-state index in [2.05, 4.69) is 10.2 Å². The molecule has 2 aliphatic rings. The maximum atomic E-state index is 13.1. The highest BCUT2D eigenvalue weighted by atomic mass is 32.2. The third kappa shape index (κ3) is 5.30. The van der Waals surface area contributed by atoms with Gasteiger partial charge in [-0.2, -0.15) is 4.31 Å². The fourth-order valence-corrected chi connectivity index (χ4v) is 5.91. The zero-order valence-electron chi connectivity index (χ0n) is 20.8. The Morgan fingerprint density at radius 3 is 2.28 bits per heavy atom. The molecule has 192 valence electrons. The average molecular weight is 513 g/mol. The third-order valence-corrected chi connectivity index (χ3v) is 8.48. The summed E-state index contributed by atoms with van der Waals surface area (Å²) in [7, 11) is -1.96. The molecule has 2 heterocycles. The molecule has 2 aromatic rings. The number of nitrogens with one attached hydrogen (secondary N) is 1. The number of hydrogen-bond donors (Lipinski definition) is 1. The number of nitrogens with zero attached hydrogens (tertiary/aromatic N) is 3. The van der Waals surface area contributed by atoms with Gasteiger partial charge in [0, 0.05) is 45.5 Å². The van der Waals surface area contributed by atoms with Crippen molar-refractivity contribution in [2.75, 3.05) is 46.4 Å². The van der Waals surface area contributed by atoms with Gasteiger partial charge in [0.1, 0.15) is 0 Å². The topological polar surface area (TPSA) is 99.3 Å². The van der Waals surface area contributed by atoms with E-state index < -0.39 is 22.0 Å². The number of hydrogen-bond acceptors (Lipinski definition) is 6. The molecule has 0 radical (unpaired) electrons. The van der Waals surface area contributed by atoms with Crippen LogP contribution in [0.5, 0.6) is 0 Å². The standard InChI is InChI=1S/C26H32N4O5S/c1-4-35-25(31)23-22(28(3)26(32)27-24(23)20-8-6-5-7-9-20)18-29-14-16-30(17-15-29)36(33,34)21-12-10-19(2)11-13-21/h5-13,24H,4,14-18H2,1-3H3,(H,27,32)/t24-/m0/s1. The van der Waals surface area contributed by atoms with Crippen molar-refractivity contribution in [1.29, 1.82) is 0 Å². The number of likely N-dealkylation sites (N-methyl/N-ethyl adjacent to an activating group) is 1. The molecule has 2 aliphatic heterocycles. The second-order valence-electron chi connectivity index (χ2n) is 8.93. The first-order valence-electron chi connectivity index (χ1n) is 12.0. The Morgan fingerprint density at radius 1 is 1.03 bits per heavy atom. The van der Waals surface area contributed by atoms with Crippen LogP contribution in [0, 0.1) is 6.92 Å². The van der Waals surface area contributed by atoms with Crippen molar-refractivity contribution in [3.63, 3.8) is 0 Å². The first-order valence-corrected chi connectivity index (χ1v) is 13.4. The summed E-state index contributed by atoms with van der Waals surface area (Å²) in [4.78, 5) is 29.7. The van der Waals surface area contributed by atoms with Gasteiger partial charge >= 0.3 is 12.0 Å². The number of esters is 1. The highest BCUT2D eigenvalue weighted by Gasteiger charge is 2.38. The summed E-state index contributed by atoms with van der Waals surface area (Å²) in [5.41, 5.74) is 2.73. The average Bonchev–Trinajstić information content (AvgIpc) is 2.88. The first kappa shape index (κ1) is 25.9. The van der Waals surface area contributed by atoms with E-state index >= 15 is 0 Å². The van der Waals surface area contributed by atoms with Gasteiger partial charge in [-0.1, -0.05) is 48.0 Å². The van der Waals surface area contributed by atoms with E-state index in [-0.39, 0.29) is 17.5 Å². The van der Waals surface area contributed by atoms with Gasteiger partial charge in [0.2, 0.25) is 10.0 Å². The SMILES string of the molecule is CCOC(=O)C1=C(CN2CCN(S(=O)(=O)c3ccc(C)cc3)CC2)N(C)C(=O)N[C@H]1c1ccccc1. The summed E-state index contributed by atoms with van der Waals surface area (Å²) in [5, 5.41) is 2.91. The summed E-state index contributed by atoms with van der Waals surface area (Å²) >= 11 is 0. The van der Waals surface area contributed by atoms with Gasteiger partial charge in [-0.15, -0.1) is 0 Å². The van der Waals surface area contributed by atoms with Crippen molar-refractivity contribution >= 4 is 22.0 Å². The predicted octanol–water partition coefficient (Wildman–Crippen LogP) is 2.51. The Hall–Kier alpha value is -3.21. The molecule has 36 heavy (non-hydrogen) atoms. The number of ether oxygens (including phenoxy) is 1. The number of aryl methyl sites for hydroxylation is 1. The van der Waals surface area contributed by atoms with Crippen LogP contribution in [0.1, 0.15) is 24.1 Å². The molecule has 1 N–H and O–H groups in total. The number of sulfonamides is 1. The van der Waals surface area contributed by atoms with Gasteiger partial charge in [0.15, 0.2) is 0 Å². The van der Waals surface area contributed by atoms with Crippen molar-refractivity contribution in [2.24, 2.45) is 0 Å². The molecular weight excluding hydrogens is 480 g/mol. The Balaban J connectivity index is 1.57. The van der Waals surface area contributed by atoms with E-state index in [0.717, 1.165) is 11.1 Å². The lowest BCUT2D eigenvalue weighted by atomic mass is 9.94. The summed E-state index contributed by atoms with van der Waals surface area (Å²) in [6.07, 6.45) is 0. The van der Waals surface area contributed by atoms with E-state index in [1.807, 2.05) is 37.3 Å². The smallest absolute Gasteiger partial charge is 0.338 e. The number of benzene rings is 2. The van der Waals surface area contributed by atoms with Crippen LogP contribution in [-0.2, 0) is 19.6 Å². The fraction of sp³-hybridized carbons (Fsp3) is 0.385. The van der Waals surface area contributed by atoms with Gasteiger partial charge in [0.05, 0.1) is 23.1 Å². The van der Waals surface area contributed by atoms with Crippen molar-refractivity contribution in [2.45, 2.75) is 24.8 Å². The highest BCUT2D eigenvalue weighted by molar-refractivity contribution is 7.89. The van der Waals surface area contributed by atoms with Crippen LogP contribution < -0.4 is 5.32 Å². The molecule has 10 heteroatoms. The van der Waals surface area contributed by atoms with Gasteiger partial charge in [-0.05, 0) is 31.5 Å². The Kier molecular flexibility index (Phi) is 7.77. The van der Waals surface area contributed by atoms with E-state index in [1.54, 1.807) is 38.2 Å². The number of amides is 2. The van der Waals surface area contributed by atoms with Crippen LogP contribution in [0.2, 0.25) is 0 Å². The van der Waals surface area contributed by atoms with Gasteiger partial charge < -0.3 is 10.1 Å². The minimum Gasteiger partial charge on any atom is -0.463 e. The molecule has 0 unspecified atom stereocenters. The fourth-order valence-electron chi connectivity index (χ4n) is 4.49. The largest absolute Gasteiger partial charge is 0.463 e. The number of carbonyl (C=O) groups excluding carboxylic acids is 2. The minimum absolute atomic E-state index is 0.213. The second-order valence-corrected chi connectivity index (χ2v) is 10.9. The lowest BCUT2D eigenvalue weighted by Crippen LogP contribution is -2.53. The number of rotatable bonds is 7. The van der Waals surface area contributed by atoms with Crippen molar-refractivity contribution in [3.05, 3.63) is 77.0 Å². The highest BCUT2D eigenvalue weighted by Crippen LogP contribution is 2.31. The summed E-state index contributed by atoms with van der Waals surface area (Å²) < 4.78 is 33.0. The lowest BCUT2D eigenvalue weighted by molar-refractivity contribution is -0.139. The Morgan fingerprint density at radius 2 is 1.67 bits per heavy atom. The summed E-state index contributed by atoms with van der Waals surface area (Å²) in [6.45, 7) is 5.76. The Labute approximate surface area is 212 Å². The normalized spacial score (nSPS) is 19.8. The molecule has 1 atom stereocenters. The van der Waals surface area contributed by atoms with Gasteiger partial charge in [-0.3, -0.25) is 9.80 Å². The zero-order valence-corrected chi connectivity index (χ0v) is 21.6. The quantitative estimate of drug-likeness (QED) is 0.573. The molecule has 0 saturated carbocycles. The first-order chi connectivity index (χ1) is 17.2. The van der Waals surface area contributed by atoms with Crippen LogP contribution in [0.4, 0.5) is 4.79 Å². The van der Waals surface area contributed by atoms with E-state index in [4.69, 9.17) is 4.74 Å². The van der Waals surface area contributed by atoms with Crippen LogP contribution >= 0.6 is 0 Å². The summed E-state index contributed by atoms with van der Waals surface area (Å²) in [6, 6.07) is 15.2. The molecule has 2 aromatic carbocycles. The van der Waals surface area contributed by atoms with Crippen LogP contribution in [0.3, 0.4) is 0 Å². The molecule has 1 saturated heterocycles. The number of carbonyl (C=O) groups is 2. The van der Waals surface area contributed by atoms with E-state index in [1.165, 1.54) is 9.21 Å². The molecule has 2 amide bonds. The molecule has 0 aliphatic carbocycles. The molecular formula is C26H32N4O5S. The van der Waals surface area contributed by atoms with Gasteiger partial charge in [0.25, 0.3) is 0 Å². The molecule has 1 fully saturated rings. The van der Waals surface area contributed by atoms with Gasteiger partial charge in [-0.25, -0.2) is 18.0 Å². The van der Waals surface area contributed by atoms with Crippen LogP contribution in [-0.4, -0.2) is 80.9 Å². The van der Waals surface area contributed by atoms with E-state index in [0.29, 0.717) is 44.0 Å². The molecule has 0 aromatic heterocycles. The number of urea groups is 1. The Bertz CT molecular complexity index is 1240. The van der Waals surface area contributed by atoms with Crippen molar-refractivity contribution in [1.82, 2.24) is 19.4 Å². The second kappa shape index (κ2) is 10.8. The van der Waals surface area contributed by atoms with Crippen molar-refractivity contribution in [3.8, 4) is 0 Å². The van der Waals surface area contributed by atoms with Crippen LogP contribution in [0.15, 0.2) is 70.8 Å². The number of piperazine rings is 1. The third-order valence-electron chi connectivity index (χ3n) is 6.57. The molecule has 0 bridgehead atoms. The summed E-state index contributed by atoms with van der Waals surface area (Å²) in [5.74, 6) is -0.478. The molecule has 4 rings (SSSR count). The lowest BCUT2D eigenvalue weighted by Gasteiger charge is -2.39. The van der Waals surface area contributed by atoms with E-state index in [9.17, 15) is 18.0 Å². The molecule has 0 spiro atoms. The van der Waals surface area contributed by atoms with Crippen LogP contribution in [0.25, 0.3) is 0 Å². The maximum absolute atomic E-state index is 13.1. The molecule has 9 nitrogen and oxygen atoms in total. The van der Waals surface area contributed by atoms with Crippen molar-refractivity contribution < 1.29 is 22.7 Å². The monoisotopic (exact) mass is 512 g/mol.